The fourth-order valence-corrected chi connectivity index (χ4v) is 4.75. The molecule has 1 fully saturated rings. The average molecular weight is 429 g/mol. The number of furan rings is 1. The van der Waals surface area contributed by atoms with Crippen molar-refractivity contribution in [2.75, 3.05) is 12.8 Å². The lowest BCUT2D eigenvalue weighted by atomic mass is 9.95. The highest BCUT2D eigenvalue weighted by Crippen LogP contribution is 2.35. The molecule has 8 heteroatoms. The molecule has 0 aliphatic heterocycles. The summed E-state index contributed by atoms with van der Waals surface area (Å²) in [5.74, 6) is 1.39. The fraction of sp³-hybridized carbons (Fsp3) is 0.409. The molecule has 3 aromatic rings. The van der Waals surface area contributed by atoms with Gasteiger partial charge in [0, 0.05) is 19.6 Å². The largest absolute Gasteiger partial charge is 0.461 e. The Morgan fingerprint density at radius 1 is 1.20 bits per heavy atom. The van der Waals surface area contributed by atoms with Crippen LogP contribution in [-0.2, 0) is 11.3 Å². The van der Waals surface area contributed by atoms with Crippen molar-refractivity contribution in [3.63, 3.8) is 0 Å². The summed E-state index contributed by atoms with van der Waals surface area (Å²) in [7, 11) is 1.76. The van der Waals surface area contributed by atoms with Crippen LogP contribution in [0.15, 0.2) is 52.2 Å². The zero-order valence-electron chi connectivity index (χ0n) is 17.0. The number of hydrogen-bond donors (Lipinski definition) is 0. The Morgan fingerprint density at radius 2 is 1.97 bits per heavy atom. The van der Waals surface area contributed by atoms with Crippen LogP contribution in [0.2, 0.25) is 0 Å². The lowest BCUT2D eigenvalue weighted by Gasteiger charge is -2.25. The first-order chi connectivity index (χ1) is 14.6. The number of amides is 1. The highest BCUT2D eigenvalue weighted by atomic mass is 32.2. The first-order valence-corrected chi connectivity index (χ1v) is 11.2. The standard InChI is InChI=1S/C22H25FN4O2S/c1-26(14-16-9-11-17(23)12-10-16)20(28)15-30-22-25-24-21(19-8-5-13-29-19)27(22)18-6-3-2-4-7-18/h5,8-13,18H,2-4,6-7,14-15H2,1H3. The van der Waals surface area contributed by atoms with Crippen molar-refractivity contribution >= 4 is 17.7 Å². The number of aromatic nitrogens is 3. The molecule has 6 nitrogen and oxygen atoms in total. The van der Waals surface area contributed by atoms with Gasteiger partial charge in [0.1, 0.15) is 5.82 Å². The van der Waals surface area contributed by atoms with Crippen LogP contribution in [0, 0.1) is 5.82 Å². The zero-order valence-corrected chi connectivity index (χ0v) is 17.8. The van der Waals surface area contributed by atoms with E-state index in [0.29, 0.717) is 18.3 Å². The monoisotopic (exact) mass is 428 g/mol. The molecule has 0 bridgehead atoms. The topological polar surface area (TPSA) is 64.2 Å². The number of nitrogens with zero attached hydrogens (tertiary/aromatic N) is 4. The highest BCUT2D eigenvalue weighted by molar-refractivity contribution is 7.99. The average Bonchev–Trinajstić information content (AvgIpc) is 3.44. The van der Waals surface area contributed by atoms with Gasteiger partial charge in [-0.15, -0.1) is 10.2 Å². The maximum absolute atomic E-state index is 13.1. The molecule has 30 heavy (non-hydrogen) atoms. The first-order valence-electron chi connectivity index (χ1n) is 10.2. The number of carbonyl (C=O) groups excluding carboxylic acids is 1. The molecule has 0 atom stereocenters. The molecule has 0 spiro atoms. The summed E-state index contributed by atoms with van der Waals surface area (Å²) in [4.78, 5) is 14.3. The Hall–Kier alpha value is -2.61. The van der Waals surface area contributed by atoms with E-state index in [9.17, 15) is 9.18 Å². The van der Waals surface area contributed by atoms with Crippen LogP contribution in [0.25, 0.3) is 11.6 Å². The Labute approximate surface area is 179 Å². The number of rotatable bonds is 7. The smallest absolute Gasteiger partial charge is 0.233 e. The molecule has 1 aliphatic rings. The molecule has 158 valence electrons. The molecule has 0 N–H and O–H groups in total. The molecule has 1 saturated carbocycles. The van der Waals surface area contributed by atoms with E-state index in [2.05, 4.69) is 14.8 Å². The van der Waals surface area contributed by atoms with Gasteiger partial charge >= 0.3 is 0 Å². The van der Waals surface area contributed by atoms with Crippen molar-refractivity contribution in [3.8, 4) is 11.6 Å². The van der Waals surface area contributed by atoms with Crippen LogP contribution < -0.4 is 0 Å². The van der Waals surface area contributed by atoms with E-state index in [-0.39, 0.29) is 17.5 Å². The number of benzene rings is 1. The summed E-state index contributed by atoms with van der Waals surface area (Å²) < 4.78 is 20.8. The Kier molecular flexibility index (Phi) is 6.52. The van der Waals surface area contributed by atoms with Crippen molar-refractivity contribution < 1.29 is 13.6 Å². The summed E-state index contributed by atoms with van der Waals surface area (Å²) in [6.07, 6.45) is 7.42. The maximum Gasteiger partial charge on any atom is 0.233 e. The minimum Gasteiger partial charge on any atom is -0.461 e. The molecule has 2 heterocycles. The Balaban J connectivity index is 1.46. The predicted octanol–water partition coefficient (Wildman–Crippen LogP) is 4.93. The van der Waals surface area contributed by atoms with Crippen LogP contribution >= 0.6 is 11.8 Å². The van der Waals surface area contributed by atoms with E-state index in [1.165, 1.54) is 43.2 Å². The van der Waals surface area contributed by atoms with Crippen LogP contribution in [0.5, 0.6) is 0 Å². The van der Waals surface area contributed by atoms with Crippen LogP contribution in [0.1, 0.15) is 43.7 Å². The van der Waals surface area contributed by atoms with E-state index >= 15 is 0 Å². The number of thioether (sulfide) groups is 1. The second kappa shape index (κ2) is 9.47. The first kappa shape index (κ1) is 20.7. The molecular formula is C22H25FN4O2S. The number of halogens is 1. The van der Waals surface area contributed by atoms with Crippen LogP contribution in [0.3, 0.4) is 0 Å². The fourth-order valence-electron chi connectivity index (χ4n) is 3.81. The van der Waals surface area contributed by atoms with Gasteiger partial charge in [-0.1, -0.05) is 43.2 Å². The van der Waals surface area contributed by atoms with E-state index in [1.807, 2.05) is 12.1 Å². The number of hydrogen-bond acceptors (Lipinski definition) is 5. The second-order valence-electron chi connectivity index (χ2n) is 7.61. The van der Waals surface area contributed by atoms with E-state index in [4.69, 9.17) is 4.42 Å². The number of carbonyl (C=O) groups is 1. The minimum atomic E-state index is -0.280. The van der Waals surface area contributed by atoms with E-state index in [0.717, 1.165) is 29.4 Å². The Bertz CT molecular complexity index is 966. The summed E-state index contributed by atoms with van der Waals surface area (Å²) in [5.41, 5.74) is 0.891. The van der Waals surface area contributed by atoms with Crippen molar-refractivity contribution in [1.82, 2.24) is 19.7 Å². The minimum absolute atomic E-state index is 0.0120. The molecule has 1 amide bonds. The molecule has 4 rings (SSSR count). The SMILES string of the molecule is CN(Cc1ccc(F)cc1)C(=O)CSc1nnc(-c2ccco2)n1C1CCCCC1. The molecule has 2 aromatic heterocycles. The van der Waals surface area contributed by atoms with Crippen LogP contribution in [0.4, 0.5) is 4.39 Å². The summed E-state index contributed by atoms with van der Waals surface area (Å²) in [6.45, 7) is 0.437. The molecule has 0 unspecified atom stereocenters. The van der Waals surface area contributed by atoms with Gasteiger partial charge in [-0.25, -0.2) is 4.39 Å². The molecule has 0 radical (unpaired) electrons. The lowest BCUT2D eigenvalue weighted by molar-refractivity contribution is -0.127. The second-order valence-corrected chi connectivity index (χ2v) is 8.55. The molecule has 0 saturated heterocycles. The third-order valence-corrected chi connectivity index (χ3v) is 6.36. The van der Waals surface area contributed by atoms with Gasteiger partial charge in [0.2, 0.25) is 11.7 Å². The third-order valence-electron chi connectivity index (χ3n) is 5.43. The summed E-state index contributed by atoms with van der Waals surface area (Å²) in [6, 6.07) is 10.3. The van der Waals surface area contributed by atoms with Crippen molar-refractivity contribution in [3.05, 3.63) is 54.0 Å². The van der Waals surface area contributed by atoms with Crippen LogP contribution in [-0.4, -0.2) is 38.4 Å². The molecule has 1 aromatic carbocycles. The molecular weight excluding hydrogens is 403 g/mol. The van der Waals surface area contributed by atoms with Crippen molar-refractivity contribution in [1.29, 1.82) is 0 Å². The third kappa shape index (κ3) is 4.75. The summed E-state index contributed by atoms with van der Waals surface area (Å²) in [5, 5.41) is 9.49. The summed E-state index contributed by atoms with van der Waals surface area (Å²) >= 11 is 1.40. The normalized spacial score (nSPS) is 14.7. The van der Waals surface area contributed by atoms with Gasteiger partial charge in [0.25, 0.3) is 0 Å². The van der Waals surface area contributed by atoms with Crippen molar-refractivity contribution in [2.45, 2.75) is 49.8 Å². The van der Waals surface area contributed by atoms with Gasteiger partial charge in [-0.3, -0.25) is 9.36 Å². The highest BCUT2D eigenvalue weighted by Gasteiger charge is 2.25. The lowest BCUT2D eigenvalue weighted by Crippen LogP contribution is -2.28. The van der Waals surface area contributed by atoms with Gasteiger partial charge in [-0.05, 0) is 42.7 Å². The Morgan fingerprint density at radius 3 is 2.67 bits per heavy atom. The van der Waals surface area contributed by atoms with Gasteiger partial charge in [0.05, 0.1) is 12.0 Å². The maximum atomic E-state index is 13.1. The molecule has 1 aliphatic carbocycles. The van der Waals surface area contributed by atoms with Gasteiger partial charge in [0.15, 0.2) is 10.9 Å². The van der Waals surface area contributed by atoms with E-state index < -0.39 is 0 Å². The van der Waals surface area contributed by atoms with E-state index in [1.54, 1.807) is 30.3 Å². The van der Waals surface area contributed by atoms with Gasteiger partial charge < -0.3 is 9.32 Å². The zero-order chi connectivity index (χ0) is 20.9. The van der Waals surface area contributed by atoms with Gasteiger partial charge in [-0.2, -0.15) is 0 Å². The van der Waals surface area contributed by atoms with Crippen molar-refractivity contribution in [2.24, 2.45) is 0 Å². The predicted molar refractivity (Wildman–Crippen MR) is 113 cm³/mol. The quantitative estimate of drug-likeness (QED) is 0.499.